The second-order valence-electron chi connectivity index (χ2n) is 3.46. The Morgan fingerprint density at radius 3 is 2.53 bits per heavy atom. The maximum absolute atomic E-state index is 10.3. The van der Waals surface area contributed by atoms with Crippen LogP contribution >= 0.6 is 0 Å². The molecule has 15 heavy (non-hydrogen) atoms. The standard InChI is InChI=1S/C7H13NO2.C3H4N2/c8-7(9)10-6-4-2-1-3-5-6;1-2-4-5-3-1/h6H,1-5H2,(H2,8,9);1-3H,(H,4,5). The molecule has 1 aliphatic carbocycles. The molecule has 0 aromatic carbocycles. The maximum Gasteiger partial charge on any atom is 0.404 e. The second-order valence-corrected chi connectivity index (χ2v) is 3.46. The average molecular weight is 211 g/mol. The first-order valence-corrected chi connectivity index (χ1v) is 5.19. The van der Waals surface area contributed by atoms with Crippen molar-refractivity contribution in [3.8, 4) is 0 Å². The number of H-pyrrole nitrogens is 1. The minimum atomic E-state index is -0.632. The van der Waals surface area contributed by atoms with Crippen LogP contribution in [0, 0.1) is 0 Å². The smallest absolute Gasteiger partial charge is 0.404 e. The third-order valence-electron chi connectivity index (χ3n) is 2.24. The van der Waals surface area contributed by atoms with Crippen molar-refractivity contribution in [2.75, 3.05) is 0 Å². The van der Waals surface area contributed by atoms with Gasteiger partial charge in [0, 0.05) is 12.4 Å². The molecule has 0 radical (unpaired) electrons. The molecule has 84 valence electrons. The SMILES string of the molecule is NC(=O)OC1CCCCC1.c1cn[nH]c1. The summed E-state index contributed by atoms with van der Waals surface area (Å²) in [4.78, 5) is 10.3. The number of hydrogen-bond donors (Lipinski definition) is 2. The molecule has 1 amide bonds. The van der Waals surface area contributed by atoms with Gasteiger partial charge < -0.3 is 10.5 Å². The monoisotopic (exact) mass is 211 g/mol. The highest BCUT2D eigenvalue weighted by Crippen LogP contribution is 2.19. The molecular weight excluding hydrogens is 194 g/mol. The Morgan fingerprint density at radius 2 is 2.13 bits per heavy atom. The van der Waals surface area contributed by atoms with Crippen molar-refractivity contribution in [1.82, 2.24) is 10.2 Å². The normalized spacial score (nSPS) is 16.3. The molecule has 3 N–H and O–H groups in total. The third-order valence-corrected chi connectivity index (χ3v) is 2.24. The predicted molar refractivity (Wildman–Crippen MR) is 56.1 cm³/mol. The number of carbonyl (C=O) groups excluding carboxylic acids is 1. The summed E-state index contributed by atoms with van der Waals surface area (Å²) < 4.78 is 4.83. The fourth-order valence-electron chi connectivity index (χ4n) is 1.56. The quantitative estimate of drug-likeness (QED) is 0.743. The minimum Gasteiger partial charge on any atom is -0.446 e. The van der Waals surface area contributed by atoms with Crippen LogP contribution in [0.3, 0.4) is 0 Å². The number of aromatic amines is 1. The molecule has 2 rings (SSSR count). The van der Waals surface area contributed by atoms with Gasteiger partial charge in [0.2, 0.25) is 0 Å². The molecule has 0 aliphatic heterocycles. The van der Waals surface area contributed by atoms with E-state index in [0.29, 0.717) is 0 Å². The Hall–Kier alpha value is -1.52. The van der Waals surface area contributed by atoms with Crippen LogP contribution in [0.5, 0.6) is 0 Å². The van der Waals surface area contributed by atoms with Gasteiger partial charge in [-0.2, -0.15) is 5.10 Å². The first-order valence-electron chi connectivity index (χ1n) is 5.19. The second kappa shape index (κ2) is 6.86. The third kappa shape index (κ3) is 5.72. The lowest BCUT2D eigenvalue weighted by Gasteiger charge is -2.20. The van der Waals surface area contributed by atoms with Crippen LogP contribution in [0.15, 0.2) is 18.5 Å². The summed E-state index contributed by atoms with van der Waals surface area (Å²) in [5.74, 6) is 0. The average Bonchev–Trinajstić information content (AvgIpc) is 2.76. The van der Waals surface area contributed by atoms with Gasteiger partial charge in [-0.15, -0.1) is 0 Å². The molecule has 0 bridgehead atoms. The summed E-state index contributed by atoms with van der Waals surface area (Å²) in [7, 11) is 0. The number of amides is 1. The first kappa shape index (κ1) is 11.6. The van der Waals surface area contributed by atoms with E-state index in [1.54, 1.807) is 12.4 Å². The predicted octanol–water partition coefficient (Wildman–Crippen LogP) is 1.82. The van der Waals surface area contributed by atoms with Crippen LogP contribution in [0.2, 0.25) is 0 Å². The Kier molecular flexibility index (Phi) is 5.29. The van der Waals surface area contributed by atoms with Gasteiger partial charge >= 0.3 is 6.09 Å². The summed E-state index contributed by atoms with van der Waals surface area (Å²) in [5.41, 5.74) is 4.86. The number of primary amides is 1. The summed E-state index contributed by atoms with van der Waals surface area (Å²) in [6.45, 7) is 0. The van der Waals surface area contributed by atoms with Crippen molar-refractivity contribution in [3.63, 3.8) is 0 Å². The van der Waals surface area contributed by atoms with Crippen molar-refractivity contribution in [1.29, 1.82) is 0 Å². The number of rotatable bonds is 1. The molecule has 5 heteroatoms. The van der Waals surface area contributed by atoms with E-state index in [0.717, 1.165) is 25.7 Å². The van der Waals surface area contributed by atoms with E-state index in [9.17, 15) is 4.79 Å². The van der Waals surface area contributed by atoms with Gasteiger partial charge in [-0.25, -0.2) is 4.79 Å². The summed E-state index contributed by atoms with van der Waals surface area (Å²) in [6.07, 6.45) is 8.50. The van der Waals surface area contributed by atoms with Gasteiger partial charge in [0.15, 0.2) is 0 Å². The van der Waals surface area contributed by atoms with Crippen LogP contribution in [-0.4, -0.2) is 22.4 Å². The van der Waals surface area contributed by atoms with Crippen LogP contribution in [0.4, 0.5) is 4.79 Å². The number of nitrogens with two attached hydrogens (primary N) is 1. The molecule has 1 aliphatic rings. The van der Waals surface area contributed by atoms with Crippen LogP contribution in [-0.2, 0) is 4.74 Å². The summed E-state index contributed by atoms with van der Waals surface area (Å²) >= 11 is 0. The Bertz CT molecular complexity index is 238. The number of carbonyl (C=O) groups is 1. The lowest BCUT2D eigenvalue weighted by molar-refractivity contribution is 0.0829. The van der Waals surface area contributed by atoms with E-state index in [2.05, 4.69) is 10.2 Å². The zero-order valence-electron chi connectivity index (χ0n) is 8.69. The fraction of sp³-hybridized carbons (Fsp3) is 0.600. The minimum absolute atomic E-state index is 0.103. The molecule has 1 fully saturated rings. The topological polar surface area (TPSA) is 81.0 Å². The summed E-state index contributed by atoms with van der Waals surface area (Å²) in [6, 6.07) is 1.83. The number of ether oxygens (including phenoxy) is 1. The molecular formula is C10H17N3O2. The van der Waals surface area contributed by atoms with Crippen molar-refractivity contribution in [2.24, 2.45) is 5.73 Å². The number of nitrogens with one attached hydrogen (secondary N) is 1. The van der Waals surface area contributed by atoms with Gasteiger partial charge in [-0.3, -0.25) is 5.10 Å². The highest BCUT2D eigenvalue weighted by atomic mass is 16.6. The highest BCUT2D eigenvalue weighted by molar-refractivity contribution is 5.64. The largest absolute Gasteiger partial charge is 0.446 e. The van der Waals surface area contributed by atoms with Crippen LogP contribution < -0.4 is 5.73 Å². The molecule has 1 aromatic heterocycles. The van der Waals surface area contributed by atoms with Gasteiger partial charge in [0.1, 0.15) is 6.10 Å². The van der Waals surface area contributed by atoms with E-state index in [1.165, 1.54) is 6.42 Å². The van der Waals surface area contributed by atoms with Crippen molar-refractivity contribution in [2.45, 2.75) is 38.2 Å². The van der Waals surface area contributed by atoms with Gasteiger partial charge in [0.25, 0.3) is 0 Å². The zero-order valence-corrected chi connectivity index (χ0v) is 8.69. The van der Waals surface area contributed by atoms with Gasteiger partial charge in [-0.05, 0) is 31.7 Å². The molecule has 0 spiro atoms. The zero-order chi connectivity index (χ0) is 10.9. The maximum atomic E-state index is 10.3. The van der Waals surface area contributed by atoms with E-state index in [4.69, 9.17) is 10.5 Å². The number of hydrogen-bond acceptors (Lipinski definition) is 3. The van der Waals surface area contributed by atoms with Gasteiger partial charge in [0.05, 0.1) is 0 Å². The molecule has 0 saturated heterocycles. The molecule has 0 unspecified atom stereocenters. The number of aromatic nitrogens is 2. The molecule has 5 nitrogen and oxygen atoms in total. The Labute approximate surface area is 89.0 Å². The van der Waals surface area contributed by atoms with Crippen molar-refractivity contribution in [3.05, 3.63) is 18.5 Å². The lowest BCUT2D eigenvalue weighted by atomic mass is 9.98. The van der Waals surface area contributed by atoms with Crippen LogP contribution in [0.25, 0.3) is 0 Å². The summed E-state index contributed by atoms with van der Waals surface area (Å²) in [5, 5.41) is 6.21. The van der Waals surface area contributed by atoms with E-state index >= 15 is 0 Å². The van der Waals surface area contributed by atoms with E-state index in [1.807, 2.05) is 6.07 Å². The van der Waals surface area contributed by atoms with E-state index in [-0.39, 0.29) is 6.10 Å². The molecule has 1 saturated carbocycles. The van der Waals surface area contributed by atoms with Crippen molar-refractivity contribution >= 4 is 6.09 Å². The Morgan fingerprint density at radius 1 is 1.40 bits per heavy atom. The van der Waals surface area contributed by atoms with Gasteiger partial charge in [-0.1, -0.05) is 6.42 Å². The number of nitrogens with zero attached hydrogens (tertiary/aromatic N) is 1. The van der Waals surface area contributed by atoms with Crippen LogP contribution in [0.1, 0.15) is 32.1 Å². The van der Waals surface area contributed by atoms with Crippen molar-refractivity contribution < 1.29 is 9.53 Å². The molecule has 0 atom stereocenters. The lowest BCUT2D eigenvalue weighted by Crippen LogP contribution is -2.24. The van der Waals surface area contributed by atoms with E-state index < -0.39 is 6.09 Å². The fourth-order valence-corrected chi connectivity index (χ4v) is 1.56. The first-order chi connectivity index (χ1) is 7.29. The Balaban J connectivity index is 0.000000187. The molecule has 1 heterocycles. The highest BCUT2D eigenvalue weighted by Gasteiger charge is 2.15. The molecule has 1 aromatic rings.